The minimum Gasteiger partial charge on any atom is -0.371 e. The fraction of sp³-hybridized carbons (Fsp3) is 0.794. The molecule has 0 aliphatic heterocycles. The van der Waals surface area contributed by atoms with E-state index >= 15 is 0 Å². The fourth-order valence-electron chi connectivity index (χ4n) is 9.47. The molecule has 266 valence electrons. The number of benzene rings is 1. The highest BCUT2D eigenvalue weighted by molar-refractivity contribution is 7.85. The third kappa shape index (κ3) is 7.92. The number of carbonyl (C=O) groups excluding carboxylic acids is 1. The number of Topliss-reactive ketones (excluding diaryl/α,β-unsaturated/α-hetero) is 1. The highest BCUT2D eigenvalue weighted by Gasteiger charge is 2.71. The fourth-order valence-corrected chi connectivity index (χ4v) is 11.0. The van der Waals surface area contributed by atoms with E-state index in [-0.39, 0.29) is 22.3 Å². The molecule has 4 unspecified atom stereocenters. The van der Waals surface area contributed by atoms with Crippen molar-refractivity contribution in [3.63, 3.8) is 0 Å². The normalized spacial score (nSPS) is 28.9. The average Bonchev–Trinajstić information content (AvgIpc) is 3.75. The summed E-state index contributed by atoms with van der Waals surface area (Å²) in [6.07, 6.45) is 5.89. The molecule has 0 saturated heterocycles. The summed E-state index contributed by atoms with van der Waals surface area (Å²) in [5.41, 5.74) is 2.29. The number of carbonyl (C=O) groups is 1. The predicted molar refractivity (Wildman–Crippen MR) is 171 cm³/mol. The van der Waals surface area contributed by atoms with E-state index in [1.165, 1.54) is 5.56 Å². The number of nitrogens with two attached hydrogens (primary N) is 1. The Kier molecular flexibility index (Phi) is 10.9. The number of alkyl halides is 5. The van der Waals surface area contributed by atoms with Crippen molar-refractivity contribution in [3.05, 3.63) is 29.3 Å². The van der Waals surface area contributed by atoms with Crippen LogP contribution in [0.25, 0.3) is 0 Å². The van der Waals surface area contributed by atoms with E-state index in [0.29, 0.717) is 48.0 Å². The molecule has 13 heteroatoms. The molecule has 47 heavy (non-hydrogen) atoms. The predicted octanol–water partition coefficient (Wildman–Crippen LogP) is 8.16. The monoisotopic (exact) mass is 709 g/mol. The van der Waals surface area contributed by atoms with Crippen LogP contribution in [0.15, 0.2) is 18.2 Å². The molecule has 6 atom stereocenters. The molecule has 1 aromatic rings. The first-order valence-corrected chi connectivity index (χ1v) is 20.1. The van der Waals surface area contributed by atoms with Crippen LogP contribution in [0.1, 0.15) is 120 Å². The Labute approximate surface area is 277 Å². The van der Waals surface area contributed by atoms with Gasteiger partial charge in [-0.3, -0.25) is 9.00 Å². The van der Waals surface area contributed by atoms with Crippen LogP contribution in [0.4, 0.5) is 22.0 Å². The average molecular weight is 710 g/mol. The van der Waals surface area contributed by atoms with Crippen LogP contribution in [0.3, 0.4) is 0 Å². The van der Waals surface area contributed by atoms with Crippen molar-refractivity contribution >= 4 is 26.9 Å². The maximum atomic E-state index is 13.3. The van der Waals surface area contributed by atoms with E-state index in [0.717, 1.165) is 82.6 Å². The van der Waals surface area contributed by atoms with Gasteiger partial charge in [0.05, 0.1) is 0 Å². The Morgan fingerprint density at radius 2 is 1.57 bits per heavy atom. The lowest BCUT2D eigenvalue weighted by Gasteiger charge is -2.53. The SMILES string of the molecule is C[C@]12CCC3c4ccc(OS(N)(=O)=O)cc4C[C@@H](CCCCCCCCCS(=O)CCCC(F)(F)C(F)(F)F)C3C1CC(=O)C21CC1. The smallest absolute Gasteiger partial charge is 0.371 e. The van der Waals surface area contributed by atoms with Crippen molar-refractivity contribution in [1.82, 2.24) is 0 Å². The highest BCUT2D eigenvalue weighted by Crippen LogP contribution is 2.75. The van der Waals surface area contributed by atoms with Gasteiger partial charge in [-0.1, -0.05) is 51.5 Å². The molecule has 0 radical (unpaired) electrons. The standard InChI is InChI=1S/C34H48F5NO5S2/c1-31-15-13-27-26-12-11-25(45-47(40,43)44)21-24(26)20-23(30(27)28(31)22-29(41)32(31)16-17-32)10-7-5-3-2-4-6-8-18-46(42)19-9-14-33(35,36)34(37,38)39/h11-12,21,23,27-28,30H,2-10,13-20,22H2,1H3,(H2,40,43,44)/t23-,27?,28?,30?,31+,46?/m1/s1. The molecule has 4 aliphatic carbocycles. The van der Waals surface area contributed by atoms with Crippen molar-refractivity contribution in [1.29, 1.82) is 0 Å². The van der Waals surface area contributed by atoms with Gasteiger partial charge in [-0.15, -0.1) is 0 Å². The molecule has 3 fully saturated rings. The number of hydrogen-bond acceptors (Lipinski definition) is 5. The number of halogens is 5. The van der Waals surface area contributed by atoms with Crippen molar-refractivity contribution in [2.45, 2.75) is 128 Å². The number of unbranched alkanes of at least 4 members (excludes halogenated alkanes) is 6. The molecule has 1 spiro atoms. The summed E-state index contributed by atoms with van der Waals surface area (Å²) in [7, 11) is -5.53. The van der Waals surface area contributed by atoms with Crippen LogP contribution in [0, 0.1) is 28.6 Å². The number of hydrogen-bond donors (Lipinski definition) is 1. The van der Waals surface area contributed by atoms with Crippen LogP contribution in [0.2, 0.25) is 0 Å². The van der Waals surface area contributed by atoms with Crippen molar-refractivity contribution in [2.24, 2.45) is 33.7 Å². The van der Waals surface area contributed by atoms with Crippen LogP contribution in [-0.2, 0) is 32.3 Å². The van der Waals surface area contributed by atoms with Gasteiger partial charge in [-0.25, -0.2) is 0 Å². The third-order valence-corrected chi connectivity index (χ3v) is 13.9. The van der Waals surface area contributed by atoms with E-state index < -0.39 is 46.0 Å². The van der Waals surface area contributed by atoms with E-state index in [4.69, 9.17) is 9.32 Å². The van der Waals surface area contributed by atoms with Crippen LogP contribution < -0.4 is 9.32 Å². The zero-order chi connectivity index (χ0) is 34.3. The maximum Gasteiger partial charge on any atom is 0.453 e. The van der Waals surface area contributed by atoms with E-state index in [2.05, 4.69) is 6.92 Å². The lowest BCUT2D eigenvalue weighted by Crippen LogP contribution is -2.46. The van der Waals surface area contributed by atoms with Gasteiger partial charge in [0.25, 0.3) is 0 Å². The van der Waals surface area contributed by atoms with Crippen LogP contribution in [-0.4, -0.2) is 42.0 Å². The van der Waals surface area contributed by atoms with E-state index in [1.807, 2.05) is 12.1 Å². The molecule has 6 nitrogen and oxygen atoms in total. The summed E-state index contributed by atoms with van der Waals surface area (Å²) in [6, 6.07) is 5.51. The Morgan fingerprint density at radius 1 is 0.936 bits per heavy atom. The third-order valence-electron chi connectivity index (χ3n) is 12.0. The minimum atomic E-state index is -5.57. The molecule has 0 heterocycles. The quantitative estimate of drug-likeness (QED) is 0.138. The summed E-state index contributed by atoms with van der Waals surface area (Å²) in [6.45, 7) is 2.36. The Balaban J connectivity index is 1.09. The zero-order valence-corrected chi connectivity index (χ0v) is 28.7. The van der Waals surface area contributed by atoms with E-state index in [9.17, 15) is 39.4 Å². The molecule has 1 aromatic carbocycles. The molecular formula is C34H48F5NO5S2. The van der Waals surface area contributed by atoms with Gasteiger partial charge in [0.15, 0.2) is 0 Å². The summed E-state index contributed by atoms with van der Waals surface area (Å²) in [5, 5.41) is 5.13. The molecule has 0 bridgehead atoms. The maximum absolute atomic E-state index is 13.3. The second-order valence-corrected chi connectivity index (χ2v) is 17.6. The number of rotatable bonds is 16. The van der Waals surface area contributed by atoms with Gasteiger partial charge >= 0.3 is 22.4 Å². The largest absolute Gasteiger partial charge is 0.453 e. The lowest BCUT2D eigenvalue weighted by molar-refractivity contribution is -0.284. The summed E-state index contributed by atoms with van der Waals surface area (Å²) >= 11 is 0. The van der Waals surface area contributed by atoms with Crippen molar-refractivity contribution in [2.75, 3.05) is 11.5 Å². The first kappa shape index (κ1) is 36.7. The van der Waals surface area contributed by atoms with Crippen LogP contribution >= 0.6 is 0 Å². The first-order valence-electron chi connectivity index (χ1n) is 17.2. The molecule has 2 N–H and O–H groups in total. The van der Waals surface area contributed by atoms with Gasteiger partial charge < -0.3 is 4.18 Å². The molecule has 0 amide bonds. The Hall–Kier alpha value is -1.60. The molecule has 4 aliphatic rings. The van der Waals surface area contributed by atoms with E-state index in [1.54, 1.807) is 6.07 Å². The zero-order valence-electron chi connectivity index (χ0n) is 27.1. The van der Waals surface area contributed by atoms with Gasteiger partial charge in [-0.05, 0) is 104 Å². The second-order valence-electron chi connectivity index (χ2n) is 14.8. The Morgan fingerprint density at radius 3 is 2.21 bits per heavy atom. The highest BCUT2D eigenvalue weighted by atomic mass is 32.2. The second kappa shape index (κ2) is 14.0. The van der Waals surface area contributed by atoms with Crippen molar-refractivity contribution < 1.29 is 43.6 Å². The molecule has 0 aromatic heterocycles. The van der Waals surface area contributed by atoms with Gasteiger partial charge in [0.1, 0.15) is 11.5 Å². The van der Waals surface area contributed by atoms with Crippen molar-refractivity contribution in [3.8, 4) is 5.75 Å². The Bertz CT molecular complexity index is 1430. The topological polar surface area (TPSA) is 104 Å². The summed E-state index contributed by atoms with van der Waals surface area (Å²) in [5.74, 6) is -2.39. The van der Waals surface area contributed by atoms with Gasteiger partial charge in [0, 0.05) is 40.6 Å². The molecule has 5 rings (SSSR count). The van der Waals surface area contributed by atoms with Gasteiger partial charge in [-0.2, -0.15) is 35.5 Å². The first-order chi connectivity index (χ1) is 22.0. The molecular weight excluding hydrogens is 662 g/mol. The minimum absolute atomic E-state index is 0.0511. The van der Waals surface area contributed by atoms with Crippen LogP contribution in [0.5, 0.6) is 5.75 Å². The van der Waals surface area contributed by atoms with Gasteiger partial charge in [0.2, 0.25) is 0 Å². The molecule has 3 saturated carbocycles. The number of ketones is 1. The lowest BCUT2D eigenvalue weighted by atomic mass is 9.50. The summed E-state index contributed by atoms with van der Waals surface area (Å²) in [4.78, 5) is 13.3. The number of fused-ring (bicyclic) bond motifs is 6. The summed E-state index contributed by atoms with van der Waals surface area (Å²) < 4.78 is 103.